The summed E-state index contributed by atoms with van der Waals surface area (Å²) >= 11 is 1.79. The largest absolute Gasteiger partial charge is 0.497 e. The van der Waals surface area contributed by atoms with E-state index in [1.54, 1.807) is 35.7 Å². The molecule has 1 N–H and O–H groups in total. The van der Waals surface area contributed by atoms with Crippen molar-refractivity contribution < 1.29 is 19.0 Å². The van der Waals surface area contributed by atoms with Gasteiger partial charge in [0, 0.05) is 17.1 Å². The molecule has 0 saturated heterocycles. The number of methoxy groups -OCH3 is 1. The molecule has 1 amide bonds. The van der Waals surface area contributed by atoms with Gasteiger partial charge >= 0.3 is 0 Å². The van der Waals surface area contributed by atoms with Crippen molar-refractivity contribution in [2.75, 3.05) is 25.6 Å². The fourth-order valence-corrected chi connectivity index (χ4v) is 4.20. The molecule has 1 aliphatic heterocycles. The second kappa shape index (κ2) is 9.13. The molecule has 0 spiro atoms. The zero-order valence-corrected chi connectivity index (χ0v) is 17.7. The van der Waals surface area contributed by atoms with Crippen molar-refractivity contribution in [2.45, 2.75) is 18.4 Å². The second-order valence-electron chi connectivity index (χ2n) is 6.62. The van der Waals surface area contributed by atoms with E-state index in [0.29, 0.717) is 18.2 Å². The van der Waals surface area contributed by atoms with Crippen molar-refractivity contribution in [1.29, 1.82) is 0 Å². The van der Waals surface area contributed by atoms with Crippen LogP contribution in [0.3, 0.4) is 0 Å². The van der Waals surface area contributed by atoms with Crippen molar-refractivity contribution in [2.24, 2.45) is 0 Å². The van der Waals surface area contributed by atoms with E-state index in [2.05, 4.69) is 5.32 Å². The number of benzene rings is 2. The quantitative estimate of drug-likeness (QED) is 0.587. The van der Waals surface area contributed by atoms with Gasteiger partial charge in [-0.3, -0.25) is 4.79 Å². The summed E-state index contributed by atoms with van der Waals surface area (Å²) in [6, 6.07) is 14.8. The maximum Gasteiger partial charge on any atom is 0.263 e. The lowest BCUT2D eigenvalue weighted by Crippen LogP contribution is -2.22. The molecule has 7 nitrogen and oxygen atoms in total. The smallest absolute Gasteiger partial charge is 0.263 e. The molecule has 0 fully saturated rings. The highest BCUT2D eigenvalue weighted by atomic mass is 32.2. The third-order valence-electron chi connectivity index (χ3n) is 4.63. The molecule has 30 heavy (non-hydrogen) atoms. The van der Waals surface area contributed by atoms with E-state index < -0.39 is 0 Å². The standard InChI is InChI=1S/C22H23N3O4S/c1-3-28-17-8-10-18(11-9-17)29-12-21(26)23-22-19-13-30-14-20(19)24-25(22)15-4-6-16(27-2)7-5-15/h4-11H,3,12-14H2,1-2H3,(H,23,26). The minimum absolute atomic E-state index is 0.0936. The molecular formula is C22H23N3O4S. The number of nitrogens with one attached hydrogen (secondary N) is 1. The number of amides is 1. The third kappa shape index (κ3) is 4.38. The van der Waals surface area contributed by atoms with Gasteiger partial charge in [-0.2, -0.15) is 16.9 Å². The number of fused-ring (bicyclic) bond motifs is 1. The zero-order valence-electron chi connectivity index (χ0n) is 16.9. The number of aromatic nitrogens is 2. The summed E-state index contributed by atoms with van der Waals surface area (Å²) in [7, 11) is 1.63. The number of hydrogen-bond donors (Lipinski definition) is 1. The van der Waals surface area contributed by atoms with Crippen LogP contribution in [-0.2, 0) is 16.3 Å². The molecule has 1 aliphatic rings. The summed E-state index contributed by atoms with van der Waals surface area (Å²) in [5, 5.41) is 7.69. The lowest BCUT2D eigenvalue weighted by atomic mass is 10.2. The van der Waals surface area contributed by atoms with E-state index in [1.807, 2.05) is 43.3 Å². The molecule has 0 bridgehead atoms. The van der Waals surface area contributed by atoms with Gasteiger partial charge in [0.15, 0.2) is 6.61 Å². The lowest BCUT2D eigenvalue weighted by molar-refractivity contribution is -0.118. The van der Waals surface area contributed by atoms with Crippen LogP contribution in [-0.4, -0.2) is 36.0 Å². The Labute approximate surface area is 179 Å². The first-order valence-electron chi connectivity index (χ1n) is 9.66. The molecule has 0 atom stereocenters. The summed E-state index contributed by atoms with van der Waals surface area (Å²) in [5.41, 5.74) is 2.92. The Kier molecular flexibility index (Phi) is 6.13. The Morgan fingerprint density at radius 1 is 1.03 bits per heavy atom. The van der Waals surface area contributed by atoms with E-state index >= 15 is 0 Å². The summed E-state index contributed by atoms with van der Waals surface area (Å²) in [6.07, 6.45) is 0. The predicted octanol–water partition coefficient (Wildman–Crippen LogP) is 4.04. The Hall–Kier alpha value is -3.13. The Balaban J connectivity index is 1.47. The SMILES string of the molecule is CCOc1ccc(OCC(=O)Nc2c3c(nn2-c2ccc(OC)cc2)CSC3)cc1. The van der Waals surface area contributed by atoms with E-state index in [-0.39, 0.29) is 12.5 Å². The van der Waals surface area contributed by atoms with Crippen molar-refractivity contribution in [3.8, 4) is 22.9 Å². The maximum absolute atomic E-state index is 12.6. The number of rotatable bonds is 8. The first kappa shape index (κ1) is 20.2. The molecule has 0 radical (unpaired) electrons. The molecule has 3 aromatic rings. The van der Waals surface area contributed by atoms with Gasteiger partial charge < -0.3 is 19.5 Å². The van der Waals surface area contributed by atoms with Crippen molar-refractivity contribution >= 4 is 23.5 Å². The van der Waals surface area contributed by atoms with Crippen LogP contribution in [0.2, 0.25) is 0 Å². The molecule has 2 aromatic carbocycles. The maximum atomic E-state index is 12.6. The fourth-order valence-electron chi connectivity index (χ4n) is 3.17. The number of hydrogen-bond acceptors (Lipinski definition) is 6. The highest BCUT2D eigenvalue weighted by molar-refractivity contribution is 7.98. The minimum Gasteiger partial charge on any atom is -0.497 e. The Bertz CT molecular complexity index is 1020. The number of anilines is 1. The van der Waals surface area contributed by atoms with Crippen LogP contribution in [0.15, 0.2) is 48.5 Å². The van der Waals surface area contributed by atoms with Crippen LogP contribution in [0.1, 0.15) is 18.2 Å². The molecule has 1 aromatic heterocycles. The van der Waals surface area contributed by atoms with Crippen LogP contribution in [0.5, 0.6) is 17.2 Å². The normalized spacial score (nSPS) is 12.3. The van der Waals surface area contributed by atoms with Crippen LogP contribution in [0.25, 0.3) is 5.69 Å². The third-order valence-corrected chi connectivity index (χ3v) is 5.60. The zero-order chi connectivity index (χ0) is 20.9. The van der Waals surface area contributed by atoms with Crippen LogP contribution < -0.4 is 19.5 Å². The van der Waals surface area contributed by atoms with Gasteiger partial charge in [-0.15, -0.1) is 0 Å². The van der Waals surface area contributed by atoms with E-state index in [4.69, 9.17) is 19.3 Å². The highest BCUT2D eigenvalue weighted by Gasteiger charge is 2.24. The first-order chi connectivity index (χ1) is 14.7. The van der Waals surface area contributed by atoms with Gasteiger partial charge in [-0.1, -0.05) is 0 Å². The van der Waals surface area contributed by atoms with Crippen LogP contribution >= 0.6 is 11.8 Å². The molecule has 156 valence electrons. The summed E-state index contributed by atoms with van der Waals surface area (Å²) in [4.78, 5) is 12.6. The lowest BCUT2D eigenvalue weighted by Gasteiger charge is -2.12. The van der Waals surface area contributed by atoms with Gasteiger partial charge in [0.2, 0.25) is 0 Å². The number of nitrogens with zero attached hydrogens (tertiary/aromatic N) is 2. The molecule has 4 rings (SSSR count). The Morgan fingerprint density at radius 2 is 1.70 bits per heavy atom. The number of ether oxygens (including phenoxy) is 3. The average Bonchev–Trinajstić information content (AvgIpc) is 3.36. The topological polar surface area (TPSA) is 74.6 Å². The van der Waals surface area contributed by atoms with Gasteiger partial charge in [-0.25, -0.2) is 4.68 Å². The summed E-state index contributed by atoms with van der Waals surface area (Å²) < 4.78 is 18.0. The second-order valence-corrected chi connectivity index (χ2v) is 7.60. The van der Waals surface area contributed by atoms with Gasteiger partial charge in [0.25, 0.3) is 5.91 Å². The molecule has 0 aliphatic carbocycles. The van der Waals surface area contributed by atoms with E-state index in [1.165, 1.54) is 0 Å². The van der Waals surface area contributed by atoms with Gasteiger partial charge in [0.1, 0.15) is 23.1 Å². The van der Waals surface area contributed by atoms with E-state index in [0.717, 1.165) is 39.9 Å². The molecule has 0 unspecified atom stereocenters. The van der Waals surface area contributed by atoms with Gasteiger partial charge in [-0.05, 0) is 55.5 Å². The number of thioether (sulfide) groups is 1. The Morgan fingerprint density at radius 3 is 2.37 bits per heavy atom. The van der Waals surface area contributed by atoms with Crippen LogP contribution in [0.4, 0.5) is 5.82 Å². The minimum atomic E-state index is -0.238. The van der Waals surface area contributed by atoms with Crippen molar-refractivity contribution in [3.63, 3.8) is 0 Å². The summed E-state index contributed by atoms with van der Waals surface area (Å²) in [6.45, 7) is 2.44. The predicted molar refractivity (Wildman–Crippen MR) is 117 cm³/mol. The average molecular weight is 426 g/mol. The van der Waals surface area contributed by atoms with Crippen molar-refractivity contribution in [1.82, 2.24) is 9.78 Å². The van der Waals surface area contributed by atoms with E-state index in [9.17, 15) is 4.79 Å². The van der Waals surface area contributed by atoms with Gasteiger partial charge in [0.05, 0.1) is 25.1 Å². The highest BCUT2D eigenvalue weighted by Crippen LogP contribution is 2.36. The number of carbonyl (C=O) groups is 1. The molecular weight excluding hydrogens is 402 g/mol. The summed E-state index contributed by atoms with van der Waals surface area (Å²) in [5.74, 6) is 4.26. The molecule has 0 saturated carbocycles. The molecule has 8 heteroatoms. The monoisotopic (exact) mass is 425 g/mol. The first-order valence-corrected chi connectivity index (χ1v) is 10.8. The fraction of sp³-hybridized carbons (Fsp3) is 0.273. The number of carbonyl (C=O) groups excluding carboxylic acids is 1. The van der Waals surface area contributed by atoms with Crippen molar-refractivity contribution in [3.05, 3.63) is 59.8 Å². The van der Waals surface area contributed by atoms with Crippen LogP contribution in [0, 0.1) is 0 Å². The molecule has 2 heterocycles.